The van der Waals surface area contributed by atoms with Crippen molar-refractivity contribution in [2.75, 3.05) is 7.11 Å². The molecule has 0 heterocycles. The molecule has 2 nitrogen and oxygen atoms in total. The van der Waals surface area contributed by atoms with Crippen LogP contribution < -0.4 is 4.74 Å². The Hall–Kier alpha value is -1.22. The van der Waals surface area contributed by atoms with Gasteiger partial charge in [0.05, 0.1) is 23.3 Å². The molecule has 2 aromatic rings. The van der Waals surface area contributed by atoms with Crippen molar-refractivity contribution in [3.8, 4) is 5.75 Å². The predicted molar refractivity (Wildman–Crippen MR) is 87.6 cm³/mol. The van der Waals surface area contributed by atoms with Gasteiger partial charge < -0.3 is 9.84 Å². The number of halogens is 2. The molecule has 21 heavy (non-hydrogen) atoms. The summed E-state index contributed by atoms with van der Waals surface area (Å²) in [5.41, 5.74) is 3.86. The second kappa shape index (κ2) is 6.69. The average molecular weight is 325 g/mol. The first-order valence-electron chi connectivity index (χ1n) is 6.69. The fraction of sp³-hybridized carbons (Fsp3) is 0.294. The third-order valence-electron chi connectivity index (χ3n) is 3.56. The molecule has 2 aromatic carbocycles. The highest BCUT2D eigenvalue weighted by atomic mass is 35.5. The topological polar surface area (TPSA) is 29.5 Å². The van der Waals surface area contributed by atoms with Gasteiger partial charge in [-0.25, -0.2) is 0 Å². The van der Waals surface area contributed by atoms with Crippen LogP contribution in [0.3, 0.4) is 0 Å². The SMILES string of the molecule is COc1cc(C)c(C(O)Cc2ccc(Cl)c(Cl)c2)cc1C. The van der Waals surface area contributed by atoms with E-state index in [0.29, 0.717) is 16.5 Å². The number of benzene rings is 2. The molecule has 112 valence electrons. The molecule has 0 saturated carbocycles. The molecular weight excluding hydrogens is 307 g/mol. The maximum atomic E-state index is 10.5. The molecule has 1 atom stereocenters. The molecular formula is C17H18Cl2O2. The Balaban J connectivity index is 2.25. The van der Waals surface area contributed by atoms with Crippen LogP contribution in [0, 0.1) is 13.8 Å². The molecule has 0 aliphatic rings. The first-order chi connectivity index (χ1) is 9.92. The summed E-state index contributed by atoms with van der Waals surface area (Å²) in [6, 6.07) is 9.33. The lowest BCUT2D eigenvalue weighted by Gasteiger charge is -2.17. The Labute approximate surface area is 135 Å². The smallest absolute Gasteiger partial charge is 0.122 e. The molecule has 0 fully saturated rings. The maximum absolute atomic E-state index is 10.5. The highest BCUT2D eigenvalue weighted by molar-refractivity contribution is 6.42. The molecule has 2 rings (SSSR count). The predicted octanol–water partition coefficient (Wildman–Crippen LogP) is 4.89. The highest BCUT2D eigenvalue weighted by Crippen LogP contribution is 2.30. The van der Waals surface area contributed by atoms with Crippen molar-refractivity contribution >= 4 is 23.2 Å². The van der Waals surface area contributed by atoms with E-state index < -0.39 is 6.10 Å². The van der Waals surface area contributed by atoms with Crippen molar-refractivity contribution in [2.45, 2.75) is 26.4 Å². The van der Waals surface area contributed by atoms with Gasteiger partial charge in [-0.15, -0.1) is 0 Å². The van der Waals surface area contributed by atoms with Crippen LogP contribution in [0.25, 0.3) is 0 Å². The van der Waals surface area contributed by atoms with Crippen molar-refractivity contribution in [1.82, 2.24) is 0 Å². The van der Waals surface area contributed by atoms with E-state index in [1.807, 2.05) is 32.0 Å². The summed E-state index contributed by atoms with van der Waals surface area (Å²) in [6.07, 6.45) is -0.101. The third-order valence-corrected chi connectivity index (χ3v) is 4.29. The lowest BCUT2D eigenvalue weighted by molar-refractivity contribution is 0.177. The molecule has 0 aromatic heterocycles. The van der Waals surface area contributed by atoms with Gasteiger partial charge in [-0.05, 0) is 60.4 Å². The lowest BCUT2D eigenvalue weighted by atomic mass is 9.95. The fourth-order valence-electron chi connectivity index (χ4n) is 2.39. The number of ether oxygens (including phenoxy) is 1. The van der Waals surface area contributed by atoms with E-state index in [0.717, 1.165) is 28.0 Å². The van der Waals surface area contributed by atoms with Crippen LogP contribution in [-0.2, 0) is 6.42 Å². The highest BCUT2D eigenvalue weighted by Gasteiger charge is 2.14. The first kappa shape index (κ1) is 16.2. The van der Waals surface area contributed by atoms with E-state index in [9.17, 15) is 5.11 Å². The number of rotatable bonds is 4. The zero-order valence-electron chi connectivity index (χ0n) is 12.3. The summed E-state index contributed by atoms with van der Waals surface area (Å²) in [6.45, 7) is 3.93. The van der Waals surface area contributed by atoms with Gasteiger partial charge >= 0.3 is 0 Å². The van der Waals surface area contributed by atoms with Gasteiger partial charge in [-0.3, -0.25) is 0 Å². The van der Waals surface area contributed by atoms with Crippen molar-refractivity contribution in [1.29, 1.82) is 0 Å². The molecule has 0 aliphatic heterocycles. The van der Waals surface area contributed by atoms with Crippen LogP contribution in [0.15, 0.2) is 30.3 Å². The molecule has 4 heteroatoms. The minimum Gasteiger partial charge on any atom is -0.496 e. The van der Waals surface area contributed by atoms with Crippen LogP contribution in [0.5, 0.6) is 5.75 Å². The van der Waals surface area contributed by atoms with Gasteiger partial charge in [0.15, 0.2) is 0 Å². The van der Waals surface area contributed by atoms with Gasteiger partial charge in [-0.1, -0.05) is 29.3 Å². The van der Waals surface area contributed by atoms with Gasteiger partial charge in [0, 0.05) is 6.42 Å². The maximum Gasteiger partial charge on any atom is 0.122 e. The van der Waals surface area contributed by atoms with Crippen molar-refractivity contribution in [3.63, 3.8) is 0 Å². The summed E-state index contributed by atoms with van der Waals surface area (Å²) in [5, 5.41) is 11.5. The van der Waals surface area contributed by atoms with Gasteiger partial charge in [0.1, 0.15) is 5.75 Å². The van der Waals surface area contributed by atoms with E-state index in [-0.39, 0.29) is 0 Å². The Morgan fingerprint density at radius 2 is 1.76 bits per heavy atom. The van der Waals surface area contributed by atoms with Gasteiger partial charge in [0.25, 0.3) is 0 Å². The summed E-state index contributed by atoms with van der Waals surface area (Å²) >= 11 is 11.9. The van der Waals surface area contributed by atoms with E-state index in [1.165, 1.54) is 0 Å². The van der Waals surface area contributed by atoms with Crippen LogP contribution in [0.2, 0.25) is 10.0 Å². The average Bonchev–Trinajstić information content (AvgIpc) is 2.44. The number of aliphatic hydroxyl groups is 1. The standard InChI is InChI=1S/C17H18Cl2O2/c1-10-7-17(21-3)11(2)6-13(10)16(20)9-12-4-5-14(18)15(19)8-12/h4-8,16,20H,9H2,1-3H3. The Morgan fingerprint density at radius 1 is 1.05 bits per heavy atom. The number of methoxy groups -OCH3 is 1. The normalized spacial score (nSPS) is 12.3. The van der Waals surface area contributed by atoms with E-state index in [2.05, 4.69) is 0 Å². The van der Waals surface area contributed by atoms with Crippen molar-refractivity contribution in [2.24, 2.45) is 0 Å². The Kier molecular flexibility index (Phi) is 5.15. The number of aliphatic hydroxyl groups excluding tert-OH is 1. The number of hydrogen-bond acceptors (Lipinski definition) is 2. The van der Waals surface area contributed by atoms with Gasteiger partial charge in [0.2, 0.25) is 0 Å². The second-order valence-electron chi connectivity index (χ2n) is 5.15. The summed E-state index contributed by atoms with van der Waals surface area (Å²) in [7, 11) is 1.65. The van der Waals surface area contributed by atoms with E-state index in [4.69, 9.17) is 27.9 Å². The number of hydrogen-bond donors (Lipinski definition) is 1. The molecule has 0 saturated heterocycles. The molecule has 0 radical (unpaired) electrons. The minimum absolute atomic E-state index is 0.490. The van der Waals surface area contributed by atoms with E-state index >= 15 is 0 Å². The van der Waals surface area contributed by atoms with Crippen LogP contribution in [0.4, 0.5) is 0 Å². The summed E-state index contributed by atoms with van der Waals surface area (Å²) in [4.78, 5) is 0. The van der Waals surface area contributed by atoms with E-state index in [1.54, 1.807) is 19.2 Å². The zero-order chi connectivity index (χ0) is 15.6. The third kappa shape index (κ3) is 3.70. The monoisotopic (exact) mass is 324 g/mol. The van der Waals surface area contributed by atoms with Crippen molar-refractivity contribution in [3.05, 3.63) is 62.6 Å². The summed E-state index contributed by atoms with van der Waals surface area (Å²) < 4.78 is 5.29. The molecule has 0 bridgehead atoms. The minimum atomic E-state index is -0.591. The zero-order valence-corrected chi connectivity index (χ0v) is 13.8. The Morgan fingerprint density at radius 3 is 2.38 bits per heavy atom. The quantitative estimate of drug-likeness (QED) is 0.867. The second-order valence-corrected chi connectivity index (χ2v) is 5.96. The largest absolute Gasteiger partial charge is 0.496 e. The fourth-order valence-corrected chi connectivity index (χ4v) is 2.71. The van der Waals surface area contributed by atoms with Crippen LogP contribution in [-0.4, -0.2) is 12.2 Å². The lowest BCUT2D eigenvalue weighted by Crippen LogP contribution is -2.05. The van der Waals surface area contributed by atoms with Crippen LogP contribution >= 0.6 is 23.2 Å². The van der Waals surface area contributed by atoms with Crippen molar-refractivity contribution < 1.29 is 9.84 Å². The molecule has 0 aliphatic carbocycles. The molecule has 0 amide bonds. The van der Waals surface area contributed by atoms with Crippen LogP contribution in [0.1, 0.15) is 28.4 Å². The molecule has 0 spiro atoms. The summed E-state index contributed by atoms with van der Waals surface area (Å²) in [5.74, 6) is 0.831. The Bertz CT molecular complexity index is 653. The van der Waals surface area contributed by atoms with Gasteiger partial charge in [-0.2, -0.15) is 0 Å². The number of aryl methyl sites for hydroxylation is 2. The molecule has 1 N–H and O–H groups in total. The molecule has 1 unspecified atom stereocenters. The first-order valence-corrected chi connectivity index (χ1v) is 7.45.